The molecule has 0 atom stereocenters. The zero-order chi connectivity index (χ0) is 18.3. The third-order valence-corrected chi connectivity index (χ3v) is 4.30. The average Bonchev–Trinajstić information content (AvgIpc) is 2.53. The average molecular weight is 373 g/mol. The van der Waals surface area contributed by atoms with E-state index in [1.54, 1.807) is 13.8 Å². The fourth-order valence-corrected chi connectivity index (χ4v) is 2.41. The molecule has 0 spiro atoms. The Morgan fingerprint density at radius 1 is 1.25 bits per heavy atom. The lowest BCUT2D eigenvalue weighted by Crippen LogP contribution is -2.24. The summed E-state index contributed by atoms with van der Waals surface area (Å²) in [5.41, 5.74) is 1.24. The molecule has 5 nitrogen and oxygen atoms in total. The third-order valence-electron chi connectivity index (χ3n) is 3.45. The molecular weight excluding hydrogens is 351 g/mol. The molecule has 2 amide bonds. The molecule has 0 bridgehead atoms. The summed E-state index contributed by atoms with van der Waals surface area (Å²) < 4.78 is 0. The third kappa shape index (κ3) is 6.06. The number of amides is 2. The Labute approximate surface area is 152 Å². The number of unbranched alkanes of at least 4 members (excludes halogenated alkanes) is 2. The summed E-state index contributed by atoms with van der Waals surface area (Å²) in [6.45, 7) is 7.44. The first-order valence-corrected chi connectivity index (χ1v) is 8.40. The summed E-state index contributed by atoms with van der Waals surface area (Å²) in [4.78, 5) is 23.2. The Morgan fingerprint density at radius 2 is 1.92 bits per heavy atom. The van der Waals surface area contributed by atoms with Gasteiger partial charge in [-0.05, 0) is 38.3 Å². The van der Waals surface area contributed by atoms with Crippen LogP contribution in [0, 0.1) is 6.92 Å². The largest absolute Gasteiger partial charge is 0.504 e. The van der Waals surface area contributed by atoms with Crippen molar-refractivity contribution < 1.29 is 14.7 Å². The zero-order valence-electron chi connectivity index (χ0n) is 13.8. The van der Waals surface area contributed by atoms with E-state index in [0.717, 1.165) is 12.8 Å². The van der Waals surface area contributed by atoms with Gasteiger partial charge in [0, 0.05) is 23.6 Å². The Morgan fingerprint density at radius 3 is 2.54 bits per heavy atom. The van der Waals surface area contributed by atoms with Gasteiger partial charge < -0.3 is 15.7 Å². The van der Waals surface area contributed by atoms with Crippen LogP contribution in [0.2, 0.25) is 10.0 Å². The second kappa shape index (κ2) is 9.55. The van der Waals surface area contributed by atoms with Crippen molar-refractivity contribution in [3.8, 4) is 5.75 Å². The Kier molecular flexibility index (Phi) is 8.08. The van der Waals surface area contributed by atoms with Crippen LogP contribution in [0.25, 0.3) is 0 Å². The van der Waals surface area contributed by atoms with Crippen LogP contribution in [0.1, 0.15) is 38.2 Å². The molecule has 1 aromatic carbocycles. The van der Waals surface area contributed by atoms with E-state index in [1.807, 2.05) is 0 Å². The van der Waals surface area contributed by atoms with Crippen molar-refractivity contribution in [2.75, 3.05) is 11.9 Å². The SMILES string of the molecule is C=C(C)C(=O)NCCCCCC(=O)Nc1cc(Cl)c(C)c(Cl)c1O. The van der Waals surface area contributed by atoms with Crippen LogP contribution in [0.3, 0.4) is 0 Å². The van der Waals surface area contributed by atoms with E-state index < -0.39 is 0 Å². The number of hydrogen-bond donors (Lipinski definition) is 3. The van der Waals surface area contributed by atoms with Gasteiger partial charge in [-0.3, -0.25) is 9.59 Å². The number of benzene rings is 1. The standard InChI is InChI=1S/C17H22Cl2N2O3/c1-10(2)17(24)20-8-6-4-5-7-14(22)21-13-9-12(18)11(3)15(19)16(13)23/h9,23H,1,4-8H2,2-3H3,(H,20,24)(H,21,22). The molecule has 0 aliphatic carbocycles. The van der Waals surface area contributed by atoms with Crippen molar-refractivity contribution in [3.63, 3.8) is 0 Å². The second-order valence-corrected chi connectivity index (χ2v) is 6.37. The van der Waals surface area contributed by atoms with Gasteiger partial charge in [0.25, 0.3) is 0 Å². The van der Waals surface area contributed by atoms with Crippen LogP contribution >= 0.6 is 23.2 Å². The minimum Gasteiger partial charge on any atom is -0.504 e. The quantitative estimate of drug-likeness (QED) is 0.363. The Bertz CT molecular complexity index is 645. The summed E-state index contributed by atoms with van der Waals surface area (Å²) in [5, 5.41) is 15.8. The van der Waals surface area contributed by atoms with Crippen molar-refractivity contribution in [2.45, 2.75) is 39.5 Å². The monoisotopic (exact) mass is 372 g/mol. The van der Waals surface area contributed by atoms with Crippen LogP contribution in [-0.2, 0) is 9.59 Å². The minimum absolute atomic E-state index is 0.131. The molecule has 0 aliphatic rings. The van der Waals surface area contributed by atoms with Crippen LogP contribution < -0.4 is 10.6 Å². The summed E-state index contributed by atoms with van der Waals surface area (Å²) in [7, 11) is 0. The molecule has 7 heteroatoms. The van der Waals surface area contributed by atoms with Crippen LogP contribution in [0.15, 0.2) is 18.2 Å². The van der Waals surface area contributed by atoms with E-state index in [4.69, 9.17) is 23.2 Å². The molecule has 24 heavy (non-hydrogen) atoms. The normalized spacial score (nSPS) is 10.3. The molecular formula is C17H22Cl2N2O3. The summed E-state index contributed by atoms with van der Waals surface area (Å²) >= 11 is 12.0. The van der Waals surface area contributed by atoms with Gasteiger partial charge in [0.05, 0.1) is 10.7 Å². The molecule has 0 radical (unpaired) electrons. The van der Waals surface area contributed by atoms with Crippen molar-refractivity contribution in [3.05, 3.63) is 33.8 Å². The fraction of sp³-hybridized carbons (Fsp3) is 0.412. The van der Waals surface area contributed by atoms with Gasteiger partial charge >= 0.3 is 0 Å². The lowest BCUT2D eigenvalue weighted by atomic mass is 10.1. The number of phenolic OH excluding ortho intramolecular Hbond substituents is 1. The number of nitrogens with one attached hydrogen (secondary N) is 2. The van der Waals surface area contributed by atoms with E-state index in [9.17, 15) is 14.7 Å². The number of carbonyl (C=O) groups is 2. The summed E-state index contributed by atoms with van der Waals surface area (Å²) in [6.07, 6.45) is 2.55. The van der Waals surface area contributed by atoms with Gasteiger partial charge in [-0.1, -0.05) is 36.2 Å². The molecule has 0 fully saturated rings. The highest BCUT2D eigenvalue weighted by Gasteiger charge is 2.14. The topological polar surface area (TPSA) is 78.4 Å². The predicted octanol–water partition coefficient (Wildman–Crippen LogP) is 4.20. The maximum absolute atomic E-state index is 11.9. The zero-order valence-corrected chi connectivity index (χ0v) is 15.4. The minimum atomic E-state index is -0.229. The highest BCUT2D eigenvalue weighted by molar-refractivity contribution is 6.37. The molecule has 0 aromatic heterocycles. The van der Waals surface area contributed by atoms with Crippen molar-refractivity contribution in [1.29, 1.82) is 0 Å². The van der Waals surface area contributed by atoms with Gasteiger partial charge in [-0.15, -0.1) is 0 Å². The van der Waals surface area contributed by atoms with Crippen molar-refractivity contribution >= 4 is 40.7 Å². The molecule has 1 rings (SSSR count). The molecule has 0 saturated heterocycles. The highest BCUT2D eigenvalue weighted by atomic mass is 35.5. The highest BCUT2D eigenvalue weighted by Crippen LogP contribution is 2.38. The first-order valence-electron chi connectivity index (χ1n) is 7.65. The van der Waals surface area contributed by atoms with Gasteiger partial charge in [0.2, 0.25) is 11.8 Å². The molecule has 1 aromatic rings. The van der Waals surface area contributed by atoms with Gasteiger partial charge in [-0.25, -0.2) is 0 Å². The van der Waals surface area contributed by atoms with Crippen molar-refractivity contribution in [2.24, 2.45) is 0 Å². The molecule has 0 heterocycles. The van der Waals surface area contributed by atoms with Crippen molar-refractivity contribution in [1.82, 2.24) is 5.32 Å². The number of carbonyl (C=O) groups excluding carboxylic acids is 2. The lowest BCUT2D eigenvalue weighted by Gasteiger charge is -2.11. The maximum atomic E-state index is 11.9. The molecule has 0 aliphatic heterocycles. The summed E-state index contributed by atoms with van der Waals surface area (Å²) in [5.74, 6) is -0.571. The lowest BCUT2D eigenvalue weighted by molar-refractivity contribution is -0.118. The number of hydrogen-bond acceptors (Lipinski definition) is 3. The Hall–Kier alpha value is -1.72. The van der Waals surface area contributed by atoms with Gasteiger partial charge in [0.15, 0.2) is 5.75 Å². The summed E-state index contributed by atoms with van der Waals surface area (Å²) in [6, 6.07) is 1.48. The van der Waals surface area contributed by atoms with Crippen LogP contribution in [0.5, 0.6) is 5.75 Å². The van der Waals surface area contributed by atoms with Crippen LogP contribution in [-0.4, -0.2) is 23.5 Å². The molecule has 3 N–H and O–H groups in total. The van der Waals surface area contributed by atoms with E-state index in [2.05, 4.69) is 17.2 Å². The first-order chi connectivity index (χ1) is 11.2. The predicted molar refractivity (Wildman–Crippen MR) is 97.8 cm³/mol. The molecule has 0 unspecified atom stereocenters. The Balaban J connectivity index is 2.35. The second-order valence-electron chi connectivity index (χ2n) is 5.59. The van der Waals surface area contributed by atoms with Gasteiger partial charge in [0.1, 0.15) is 0 Å². The first kappa shape index (κ1) is 20.3. The van der Waals surface area contributed by atoms with E-state index in [1.165, 1.54) is 6.07 Å². The van der Waals surface area contributed by atoms with E-state index in [-0.39, 0.29) is 28.3 Å². The maximum Gasteiger partial charge on any atom is 0.246 e. The number of aromatic hydroxyl groups is 1. The van der Waals surface area contributed by atoms with Gasteiger partial charge in [-0.2, -0.15) is 0 Å². The number of phenols is 1. The van der Waals surface area contributed by atoms with E-state index >= 15 is 0 Å². The molecule has 132 valence electrons. The number of rotatable bonds is 8. The molecule has 0 saturated carbocycles. The van der Waals surface area contributed by atoms with E-state index in [0.29, 0.717) is 35.5 Å². The number of halogens is 2. The number of anilines is 1. The smallest absolute Gasteiger partial charge is 0.246 e. The van der Waals surface area contributed by atoms with Crippen LogP contribution in [0.4, 0.5) is 5.69 Å². The fourth-order valence-electron chi connectivity index (χ4n) is 1.95.